The lowest BCUT2D eigenvalue weighted by Crippen LogP contribution is -2.53. The van der Waals surface area contributed by atoms with Gasteiger partial charge in [-0.05, 0) is 24.5 Å². The Morgan fingerprint density at radius 3 is 2.84 bits per heavy atom. The molecule has 0 bridgehead atoms. The van der Waals surface area contributed by atoms with E-state index in [4.69, 9.17) is 0 Å². The number of rotatable bonds is 5. The first-order chi connectivity index (χ1) is 12.2. The van der Waals surface area contributed by atoms with Crippen molar-refractivity contribution in [3.8, 4) is 0 Å². The highest BCUT2D eigenvalue weighted by atomic mass is 16.3. The minimum atomic E-state index is -0.621. The molecule has 25 heavy (non-hydrogen) atoms. The van der Waals surface area contributed by atoms with Crippen LogP contribution in [0.15, 0.2) is 36.9 Å². The van der Waals surface area contributed by atoms with E-state index >= 15 is 0 Å². The zero-order valence-corrected chi connectivity index (χ0v) is 14.3. The van der Waals surface area contributed by atoms with Gasteiger partial charge in [0.15, 0.2) is 0 Å². The van der Waals surface area contributed by atoms with Gasteiger partial charge >= 0.3 is 0 Å². The number of nitrogens with zero attached hydrogens (tertiary/aromatic N) is 4. The second kappa shape index (κ2) is 8.13. The Morgan fingerprint density at radius 2 is 2.20 bits per heavy atom. The van der Waals surface area contributed by atoms with E-state index in [1.165, 1.54) is 24.2 Å². The Kier molecular flexibility index (Phi) is 5.67. The van der Waals surface area contributed by atoms with Crippen LogP contribution in [0.1, 0.15) is 35.1 Å². The molecule has 1 fully saturated rings. The fraction of sp³-hybridized carbons (Fsp3) is 0.444. The number of hydrogen-bond acceptors (Lipinski definition) is 6. The summed E-state index contributed by atoms with van der Waals surface area (Å²) < 4.78 is 0. The predicted molar refractivity (Wildman–Crippen MR) is 92.8 cm³/mol. The van der Waals surface area contributed by atoms with Gasteiger partial charge in [-0.3, -0.25) is 19.7 Å². The number of aliphatic hydroxyl groups excluding tert-OH is 1. The number of piperidine rings is 1. The van der Waals surface area contributed by atoms with Crippen molar-refractivity contribution < 1.29 is 9.90 Å². The Balaban J connectivity index is 1.52. The van der Waals surface area contributed by atoms with Crippen LogP contribution in [0.5, 0.6) is 0 Å². The quantitative estimate of drug-likeness (QED) is 0.836. The zero-order chi connectivity index (χ0) is 17.6. The lowest BCUT2D eigenvalue weighted by molar-refractivity contribution is 0.0344. The minimum Gasteiger partial charge on any atom is -0.390 e. The van der Waals surface area contributed by atoms with E-state index in [0.717, 1.165) is 18.7 Å². The lowest BCUT2D eigenvalue weighted by atomic mass is 10.0. The third-order valence-corrected chi connectivity index (χ3v) is 4.46. The molecule has 7 heteroatoms. The fourth-order valence-electron chi connectivity index (χ4n) is 2.95. The summed E-state index contributed by atoms with van der Waals surface area (Å²) >= 11 is 0. The number of pyridine rings is 1. The van der Waals surface area contributed by atoms with Gasteiger partial charge in [-0.1, -0.05) is 13.0 Å². The molecule has 7 nitrogen and oxygen atoms in total. The Morgan fingerprint density at radius 1 is 1.32 bits per heavy atom. The first kappa shape index (κ1) is 17.4. The van der Waals surface area contributed by atoms with Gasteiger partial charge in [-0.25, -0.2) is 4.98 Å². The van der Waals surface area contributed by atoms with Crippen LogP contribution in [0.25, 0.3) is 0 Å². The summed E-state index contributed by atoms with van der Waals surface area (Å²) in [4.78, 5) is 26.6. The largest absolute Gasteiger partial charge is 0.390 e. The molecule has 0 spiro atoms. The molecule has 1 aliphatic heterocycles. The van der Waals surface area contributed by atoms with E-state index in [9.17, 15) is 9.90 Å². The van der Waals surface area contributed by atoms with Crippen molar-refractivity contribution >= 4 is 5.91 Å². The van der Waals surface area contributed by atoms with Crippen LogP contribution in [0.3, 0.4) is 0 Å². The average molecular weight is 341 g/mol. The minimum absolute atomic E-state index is 0.261. The van der Waals surface area contributed by atoms with Gasteiger partial charge in [0.05, 0.1) is 24.0 Å². The number of β-amino-alcohol motifs (C(OH)–C–C–N with tert-alkyl or cyclic N) is 1. The highest BCUT2D eigenvalue weighted by Crippen LogP contribution is 2.14. The van der Waals surface area contributed by atoms with Crippen molar-refractivity contribution in [1.29, 1.82) is 0 Å². The Labute approximate surface area is 147 Å². The van der Waals surface area contributed by atoms with Crippen LogP contribution in [0.2, 0.25) is 0 Å². The van der Waals surface area contributed by atoms with Crippen LogP contribution in [0.4, 0.5) is 0 Å². The highest BCUT2D eigenvalue weighted by molar-refractivity contribution is 5.92. The van der Waals surface area contributed by atoms with Crippen molar-refractivity contribution in [3.05, 3.63) is 53.9 Å². The third kappa shape index (κ3) is 4.58. The predicted octanol–water partition coefficient (Wildman–Crippen LogP) is 0.799. The molecule has 1 amide bonds. The van der Waals surface area contributed by atoms with Crippen molar-refractivity contribution in [1.82, 2.24) is 25.2 Å². The highest BCUT2D eigenvalue weighted by Gasteiger charge is 2.29. The van der Waals surface area contributed by atoms with Crippen molar-refractivity contribution in [3.63, 3.8) is 0 Å². The Hall–Kier alpha value is -2.38. The van der Waals surface area contributed by atoms with Gasteiger partial charge in [0.25, 0.3) is 5.91 Å². The molecule has 132 valence electrons. The number of hydrogen-bond donors (Lipinski definition) is 2. The summed E-state index contributed by atoms with van der Waals surface area (Å²) in [5, 5.41) is 13.2. The second-order valence-electron chi connectivity index (χ2n) is 6.27. The molecule has 3 rings (SSSR count). The van der Waals surface area contributed by atoms with E-state index in [-0.39, 0.29) is 17.6 Å². The van der Waals surface area contributed by atoms with Crippen LogP contribution in [-0.4, -0.2) is 56.1 Å². The molecule has 0 aliphatic carbocycles. The average Bonchev–Trinajstić information content (AvgIpc) is 2.65. The maximum absolute atomic E-state index is 12.1. The maximum atomic E-state index is 12.1. The van der Waals surface area contributed by atoms with Gasteiger partial charge in [0.1, 0.15) is 5.69 Å². The second-order valence-corrected chi connectivity index (χ2v) is 6.27. The SMILES string of the molecule is CCc1ccc(CN2CC[C@@H](NC(=O)c3cnccn3)[C@H](O)C2)nc1. The number of carbonyl (C=O) groups is 1. The third-order valence-electron chi connectivity index (χ3n) is 4.46. The molecular formula is C18H23N5O2. The van der Waals surface area contributed by atoms with Gasteiger partial charge in [-0.15, -0.1) is 0 Å². The number of likely N-dealkylation sites (tertiary alicyclic amines) is 1. The molecule has 1 aliphatic rings. The van der Waals surface area contributed by atoms with Crippen LogP contribution >= 0.6 is 0 Å². The first-order valence-corrected chi connectivity index (χ1v) is 8.57. The van der Waals surface area contributed by atoms with E-state index in [0.29, 0.717) is 19.5 Å². The van der Waals surface area contributed by atoms with Crippen LogP contribution in [0, 0.1) is 0 Å². The molecule has 3 heterocycles. The van der Waals surface area contributed by atoms with E-state index in [1.807, 2.05) is 12.3 Å². The van der Waals surface area contributed by atoms with Gasteiger partial charge in [0, 0.05) is 38.2 Å². The number of aliphatic hydroxyl groups is 1. The summed E-state index contributed by atoms with van der Waals surface area (Å²) in [7, 11) is 0. The lowest BCUT2D eigenvalue weighted by Gasteiger charge is -2.36. The van der Waals surface area contributed by atoms with Gasteiger partial charge < -0.3 is 10.4 Å². The van der Waals surface area contributed by atoms with E-state index in [1.54, 1.807) is 0 Å². The molecule has 0 radical (unpaired) electrons. The molecule has 0 unspecified atom stereocenters. The zero-order valence-electron chi connectivity index (χ0n) is 14.3. The number of aryl methyl sites for hydroxylation is 1. The molecule has 2 atom stereocenters. The van der Waals surface area contributed by atoms with Crippen molar-refractivity contribution in [2.75, 3.05) is 13.1 Å². The molecule has 0 saturated carbocycles. The van der Waals surface area contributed by atoms with Crippen LogP contribution in [-0.2, 0) is 13.0 Å². The monoisotopic (exact) mass is 341 g/mol. The number of aromatic nitrogens is 3. The number of carbonyl (C=O) groups excluding carboxylic acids is 1. The molecular weight excluding hydrogens is 318 g/mol. The summed E-state index contributed by atoms with van der Waals surface area (Å²) in [5.41, 5.74) is 2.47. The summed E-state index contributed by atoms with van der Waals surface area (Å²) in [6.07, 6.45) is 7.35. The molecule has 2 aromatic rings. The van der Waals surface area contributed by atoms with E-state index in [2.05, 4.69) is 38.2 Å². The topological polar surface area (TPSA) is 91.2 Å². The van der Waals surface area contributed by atoms with Crippen molar-refractivity contribution in [2.24, 2.45) is 0 Å². The van der Waals surface area contributed by atoms with Crippen molar-refractivity contribution in [2.45, 2.75) is 38.5 Å². The summed E-state index contributed by atoms with van der Waals surface area (Å²) in [6, 6.07) is 3.85. The first-order valence-electron chi connectivity index (χ1n) is 8.57. The Bertz CT molecular complexity index is 692. The molecule has 1 saturated heterocycles. The van der Waals surface area contributed by atoms with Gasteiger partial charge in [-0.2, -0.15) is 0 Å². The fourth-order valence-corrected chi connectivity index (χ4v) is 2.95. The summed E-state index contributed by atoms with van der Waals surface area (Å²) in [6.45, 7) is 4.10. The molecule has 0 aromatic carbocycles. The smallest absolute Gasteiger partial charge is 0.271 e. The maximum Gasteiger partial charge on any atom is 0.271 e. The normalized spacial score (nSPS) is 21.0. The van der Waals surface area contributed by atoms with Gasteiger partial charge in [0.2, 0.25) is 0 Å². The standard InChI is InChI=1S/C18H23N5O2/c1-2-13-3-4-14(21-9-13)11-23-8-5-15(17(24)12-23)22-18(25)16-10-19-6-7-20-16/h3-4,6-7,9-10,15,17,24H,2,5,8,11-12H2,1H3,(H,22,25)/t15-,17-/m1/s1. The van der Waals surface area contributed by atoms with Crippen LogP contribution < -0.4 is 5.32 Å². The van der Waals surface area contributed by atoms with E-state index < -0.39 is 6.10 Å². The number of amides is 1. The molecule has 2 N–H and O–H groups in total. The number of nitrogens with one attached hydrogen (secondary N) is 1. The summed E-state index contributed by atoms with van der Waals surface area (Å²) in [5.74, 6) is -0.303. The molecule has 2 aromatic heterocycles.